The van der Waals surface area contributed by atoms with Crippen molar-refractivity contribution in [1.82, 2.24) is 0 Å². The molecular weight excluding hydrogens is 292 g/mol. The highest BCUT2D eigenvalue weighted by Gasteiger charge is 2.25. The molecule has 1 aromatic carbocycles. The van der Waals surface area contributed by atoms with E-state index in [1.807, 2.05) is 0 Å². The summed E-state index contributed by atoms with van der Waals surface area (Å²) in [6, 6.07) is 7.06. The van der Waals surface area contributed by atoms with E-state index >= 15 is 0 Å². The number of piperazine rings is 1. The molecule has 1 aliphatic rings. The minimum absolute atomic E-state index is 0.00864. The number of anilines is 1. The second-order valence-electron chi connectivity index (χ2n) is 5.37. The Bertz CT molecular complexity index is 498. The van der Waals surface area contributed by atoms with Crippen LogP contribution >= 0.6 is 11.6 Å². The maximum atomic E-state index is 12.0. The van der Waals surface area contributed by atoms with E-state index in [0.29, 0.717) is 18.1 Å². The predicted molar refractivity (Wildman–Crippen MR) is 80.4 cm³/mol. The van der Waals surface area contributed by atoms with Crippen LogP contribution in [0.25, 0.3) is 0 Å². The molecule has 0 aromatic heterocycles. The summed E-state index contributed by atoms with van der Waals surface area (Å²) in [5.41, 5.74) is 5.95. The number of rotatable bonds is 5. The number of nitrogens with two attached hydrogens (primary N) is 1. The molecule has 7 heteroatoms. The molecule has 5 N–H and O–H groups in total. The van der Waals surface area contributed by atoms with E-state index in [1.54, 1.807) is 24.3 Å². The van der Waals surface area contributed by atoms with Gasteiger partial charge in [0.25, 0.3) is 11.8 Å². The third-order valence-corrected chi connectivity index (χ3v) is 3.88. The van der Waals surface area contributed by atoms with Gasteiger partial charge in [0.05, 0.1) is 0 Å². The van der Waals surface area contributed by atoms with Gasteiger partial charge in [-0.1, -0.05) is 11.6 Å². The molecule has 2 rings (SSSR count). The number of halogens is 1. The lowest BCUT2D eigenvalue weighted by atomic mass is 10.3. The second-order valence-corrected chi connectivity index (χ2v) is 5.81. The standard InChI is InChI=1S/C14H19ClN4O2/c15-11-1-3-12(4-2-11)17-14(21)10-19-7-5-18(6-8-19)9-13(16)20/h1-4H,5-10H2,(H2,16,20)(H,17,21)/p+2. The molecular formula is C14H21ClN4O2+2. The van der Waals surface area contributed by atoms with E-state index in [1.165, 1.54) is 9.80 Å². The molecule has 1 heterocycles. The molecule has 2 amide bonds. The smallest absolute Gasteiger partial charge is 0.279 e. The van der Waals surface area contributed by atoms with Crippen molar-refractivity contribution >= 4 is 29.1 Å². The molecule has 0 spiro atoms. The fourth-order valence-electron chi connectivity index (χ4n) is 2.52. The van der Waals surface area contributed by atoms with Gasteiger partial charge >= 0.3 is 0 Å². The number of quaternary nitrogens is 2. The highest BCUT2D eigenvalue weighted by Crippen LogP contribution is 2.12. The van der Waals surface area contributed by atoms with E-state index in [4.69, 9.17) is 17.3 Å². The number of carbonyl (C=O) groups is 2. The largest absolute Gasteiger partial charge is 0.365 e. The van der Waals surface area contributed by atoms with E-state index in [-0.39, 0.29) is 11.8 Å². The Morgan fingerprint density at radius 1 is 1.05 bits per heavy atom. The molecule has 0 saturated carbocycles. The van der Waals surface area contributed by atoms with Crippen LogP contribution in [-0.4, -0.2) is 51.1 Å². The van der Waals surface area contributed by atoms with Crippen LogP contribution in [0.3, 0.4) is 0 Å². The molecule has 0 atom stereocenters. The predicted octanol–water partition coefficient (Wildman–Crippen LogP) is -2.45. The van der Waals surface area contributed by atoms with Crippen LogP contribution in [0.1, 0.15) is 0 Å². The first-order chi connectivity index (χ1) is 10.0. The lowest BCUT2D eigenvalue weighted by Gasteiger charge is -2.28. The van der Waals surface area contributed by atoms with Crippen LogP contribution < -0.4 is 20.9 Å². The van der Waals surface area contributed by atoms with Gasteiger partial charge in [0.15, 0.2) is 13.1 Å². The lowest BCUT2D eigenvalue weighted by Crippen LogP contribution is -3.28. The van der Waals surface area contributed by atoms with Crippen molar-refractivity contribution in [2.24, 2.45) is 5.73 Å². The summed E-state index contributed by atoms with van der Waals surface area (Å²) in [4.78, 5) is 25.3. The molecule has 1 saturated heterocycles. The molecule has 114 valence electrons. The summed E-state index contributed by atoms with van der Waals surface area (Å²) in [5.74, 6) is -0.278. The van der Waals surface area contributed by atoms with Gasteiger partial charge in [0.1, 0.15) is 26.2 Å². The molecule has 1 fully saturated rings. The third kappa shape index (κ3) is 5.34. The monoisotopic (exact) mass is 312 g/mol. The first-order valence-corrected chi connectivity index (χ1v) is 7.41. The summed E-state index contributed by atoms with van der Waals surface area (Å²) in [6.07, 6.45) is 0. The van der Waals surface area contributed by atoms with Gasteiger partial charge in [0, 0.05) is 10.7 Å². The minimum atomic E-state index is -0.270. The zero-order valence-corrected chi connectivity index (χ0v) is 12.6. The Balaban J connectivity index is 1.74. The maximum Gasteiger partial charge on any atom is 0.279 e. The number of amides is 2. The number of primary amides is 1. The zero-order valence-electron chi connectivity index (χ0n) is 11.8. The SMILES string of the molecule is NC(=O)C[NH+]1CC[NH+](CC(=O)Nc2ccc(Cl)cc2)CC1. The van der Waals surface area contributed by atoms with E-state index in [9.17, 15) is 9.59 Å². The van der Waals surface area contributed by atoms with Gasteiger partial charge < -0.3 is 20.9 Å². The Hall–Kier alpha value is -1.63. The van der Waals surface area contributed by atoms with Gasteiger partial charge in [-0.15, -0.1) is 0 Å². The van der Waals surface area contributed by atoms with Crippen molar-refractivity contribution in [1.29, 1.82) is 0 Å². The molecule has 1 aromatic rings. The van der Waals surface area contributed by atoms with Gasteiger partial charge in [-0.3, -0.25) is 9.59 Å². The van der Waals surface area contributed by atoms with Crippen molar-refractivity contribution in [2.45, 2.75) is 0 Å². The Labute approximate surface area is 128 Å². The number of benzene rings is 1. The van der Waals surface area contributed by atoms with Gasteiger partial charge in [0.2, 0.25) is 0 Å². The van der Waals surface area contributed by atoms with Crippen LogP contribution in [0, 0.1) is 0 Å². The lowest BCUT2D eigenvalue weighted by molar-refractivity contribution is -1.00. The first-order valence-electron chi connectivity index (χ1n) is 7.04. The van der Waals surface area contributed by atoms with Crippen molar-refractivity contribution < 1.29 is 19.4 Å². The summed E-state index contributed by atoms with van der Waals surface area (Å²) in [5, 5.41) is 3.51. The van der Waals surface area contributed by atoms with Crippen molar-refractivity contribution in [3.63, 3.8) is 0 Å². The Kier molecular flexibility index (Phi) is 5.55. The molecule has 0 radical (unpaired) electrons. The highest BCUT2D eigenvalue weighted by molar-refractivity contribution is 6.30. The molecule has 0 unspecified atom stereocenters. The summed E-state index contributed by atoms with van der Waals surface area (Å²) >= 11 is 5.80. The fourth-order valence-corrected chi connectivity index (χ4v) is 2.65. The van der Waals surface area contributed by atoms with Crippen molar-refractivity contribution in [2.75, 3.05) is 44.6 Å². The van der Waals surface area contributed by atoms with Crippen LogP contribution in [0.5, 0.6) is 0 Å². The molecule has 0 aliphatic carbocycles. The molecule has 1 aliphatic heterocycles. The average molecular weight is 313 g/mol. The first kappa shape index (κ1) is 15.8. The summed E-state index contributed by atoms with van der Waals surface area (Å²) < 4.78 is 0. The van der Waals surface area contributed by atoms with Crippen molar-refractivity contribution in [3.05, 3.63) is 29.3 Å². The zero-order chi connectivity index (χ0) is 15.2. The average Bonchev–Trinajstić information content (AvgIpc) is 2.43. The number of carbonyl (C=O) groups excluding carboxylic acids is 2. The third-order valence-electron chi connectivity index (χ3n) is 3.63. The van der Waals surface area contributed by atoms with Gasteiger partial charge in [-0.25, -0.2) is 0 Å². The van der Waals surface area contributed by atoms with E-state index in [2.05, 4.69) is 5.32 Å². The number of hydrogen-bond donors (Lipinski definition) is 4. The normalized spacial score (nSPS) is 21.8. The quantitative estimate of drug-likeness (QED) is 0.487. The molecule has 0 bridgehead atoms. The Morgan fingerprint density at radius 3 is 2.10 bits per heavy atom. The van der Waals surface area contributed by atoms with Crippen LogP contribution in [0.15, 0.2) is 24.3 Å². The summed E-state index contributed by atoms with van der Waals surface area (Å²) in [7, 11) is 0. The topological polar surface area (TPSA) is 81.1 Å². The van der Waals surface area contributed by atoms with Crippen LogP contribution in [0.4, 0.5) is 5.69 Å². The van der Waals surface area contributed by atoms with E-state index in [0.717, 1.165) is 31.9 Å². The number of hydrogen-bond acceptors (Lipinski definition) is 2. The van der Waals surface area contributed by atoms with Crippen LogP contribution in [0.2, 0.25) is 5.02 Å². The van der Waals surface area contributed by atoms with Crippen molar-refractivity contribution in [3.8, 4) is 0 Å². The van der Waals surface area contributed by atoms with E-state index < -0.39 is 0 Å². The number of nitrogens with one attached hydrogen (secondary N) is 3. The maximum absolute atomic E-state index is 12.0. The van der Waals surface area contributed by atoms with Crippen LogP contribution in [-0.2, 0) is 9.59 Å². The minimum Gasteiger partial charge on any atom is -0.365 e. The highest BCUT2D eigenvalue weighted by atomic mass is 35.5. The second kappa shape index (κ2) is 7.40. The Morgan fingerprint density at radius 2 is 1.57 bits per heavy atom. The molecule has 21 heavy (non-hydrogen) atoms. The fraction of sp³-hybridized carbons (Fsp3) is 0.429. The summed E-state index contributed by atoms with van der Waals surface area (Å²) in [6.45, 7) is 4.29. The molecule has 6 nitrogen and oxygen atoms in total. The van der Waals surface area contributed by atoms with Gasteiger partial charge in [-0.05, 0) is 24.3 Å². The van der Waals surface area contributed by atoms with Gasteiger partial charge in [-0.2, -0.15) is 0 Å².